The number of phenols is 1. The molecule has 1 aromatic rings. The molecule has 36 heavy (non-hydrogen) atoms. The van der Waals surface area contributed by atoms with Crippen LogP contribution in [0.2, 0.25) is 0 Å². The number of benzene rings is 1. The second-order valence-corrected chi connectivity index (χ2v) is 10.2. The molecule has 0 radical (unpaired) electrons. The lowest BCUT2D eigenvalue weighted by Gasteiger charge is -2.29. The number of phenolic OH excluding ortho intramolecular Hbond substituents is 1. The molecule has 0 aliphatic carbocycles. The molecule has 0 spiro atoms. The Hall–Kier alpha value is -2.26. The van der Waals surface area contributed by atoms with Crippen molar-refractivity contribution in [3.05, 3.63) is 46.8 Å². The van der Waals surface area contributed by atoms with Crippen molar-refractivity contribution in [2.75, 3.05) is 25.6 Å². The van der Waals surface area contributed by atoms with Crippen LogP contribution in [-0.4, -0.2) is 58.9 Å². The summed E-state index contributed by atoms with van der Waals surface area (Å²) in [4.78, 5) is 12.7. The minimum atomic E-state index is -0.902. The highest BCUT2D eigenvalue weighted by Crippen LogP contribution is 2.31. The number of ether oxygens (including phenoxy) is 1. The predicted octanol–water partition coefficient (Wildman–Crippen LogP) is 3.95. The third-order valence-corrected chi connectivity index (χ3v) is 7.14. The minimum Gasteiger partial charge on any atom is -0.505 e. The smallest absolute Gasteiger partial charge is 0.251 e. The maximum atomic E-state index is 14.6. The van der Waals surface area contributed by atoms with Gasteiger partial charge in [0.1, 0.15) is 0 Å². The van der Waals surface area contributed by atoms with E-state index in [0.29, 0.717) is 36.8 Å². The van der Waals surface area contributed by atoms with Crippen LogP contribution in [0.5, 0.6) is 5.75 Å². The molecule has 1 aromatic carbocycles. The number of rotatable bonds is 3. The maximum Gasteiger partial charge on any atom is 0.251 e. The molecule has 1 aliphatic rings. The Balaban J connectivity index is 2.47. The van der Waals surface area contributed by atoms with E-state index in [1.165, 1.54) is 12.1 Å². The summed E-state index contributed by atoms with van der Waals surface area (Å²) in [6, 6.07) is 2.85. The summed E-state index contributed by atoms with van der Waals surface area (Å²) < 4.78 is 20.3. The normalized spacial score (nSPS) is 32.2. The fourth-order valence-corrected chi connectivity index (χ4v) is 5.15. The third kappa shape index (κ3) is 7.87. The Morgan fingerprint density at radius 1 is 1.14 bits per heavy atom. The van der Waals surface area contributed by atoms with Gasteiger partial charge in [0.05, 0.1) is 17.9 Å². The largest absolute Gasteiger partial charge is 0.505 e. The maximum absolute atomic E-state index is 14.6. The van der Waals surface area contributed by atoms with E-state index in [4.69, 9.17) is 4.74 Å². The Morgan fingerprint density at radius 3 is 2.42 bits per heavy atom. The number of aromatic hydroxyl groups is 1. The van der Waals surface area contributed by atoms with Gasteiger partial charge in [0, 0.05) is 43.7 Å². The summed E-state index contributed by atoms with van der Waals surface area (Å²) in [5.74, 6) is -2.82. The van der Waals surface area contributed by atoms with Gasteiger partial charge in [-0.15, -0.1) is 0 Å². The molecular weight excluding hydrogens is 465 g/mol. The Bertz CT molecular complexity index is 946. The molecule has 8 heteroatoms. The summed E-state index contributed by atoms with van der Waals surface area (Å²) in [5, 5.41) is 43.7. The topological polar surface area (TPSA) is 119 Å². The number of aliphatic hydroxyl groups excluding tert-OH is 3. The second-order valence-electron chi connectivity index (χ2n) is 10.2. The summed E-state index contributed by atoms with van der Waals surface area (Å²) in [5.41, 5.74) is 1.81. The highest BCUT2D eigenvalue weighted by Gasteiger charge is 2.28. The number of nitrogens with one attached hydrogen (secondary N) is 1. The van der Waals surface area contributed by atoms with Gasteiger partial charge in [0.15, 0.2) is 11.6 Å². The van der Waals surface area contributed by atoms with Crippen molar-refractivity contribution in [1.29, 1.82) is 0 Å². The van der Waals surface area contributed by atoms with Gasteiger partial charge >= 0.3 is 0 Å². The quantitative estimate of drug-likeness (QED) is 0.395. The van der Waals surface area contributed by atoms with Gasteiger partial charge < -0.3 is 30.5 Å². The number of hydrogen-bond donors (Lipinski definition) is 5. The van der Waals surface area contributed by atoms with Gasteiger partial charge in [-0.3, -0.25) is 4.79 Å². The van der Waals surface area contributed by atoms with Crippen molar-refractivity contribution in [3.63, 3.8) is 0 Å². The zero-order valence-corrected chi connectivity index (χ0v) is 22.0. The van der Waals surface area contributed by atoms with Gasteiger partial charge in [-0.25, -0.2) is 4.39 Å². The number of fused-ring (bicyclic) bond motifs is 2. The van der Waals surface area contributed by atoms with Gasteiger partial charge in [0.2, 0.25) is 0 Å². The molecule has 0 saturated heterocycles. The Morgan fingerprint density at radius 2 is 1.81 bits per heavy atom. The van der Waals surface area contributed by atoms with Crippen LogP contribution in [0.15, 0.2) is 35.4 Å². The van der Waals surface area contributed by atoms with E-state index in [9.17, 15) is 29.6 Å². The van der Waals surface area contributed by atoms with Crippen LogP contribution in [0.25, 0.3) is 0 Å². The molecule has 2 rings (SSSR count). The number of aliphatic hydroxyl groups is 3. The minimum absolute atomic E-state index is 0.00306. The number of methoxy groups -OCH3 is 1. The fourth-order valence-electron chi connectivity index (χ4n) is 5.15. The molecule has 0 aromatic heterocycles. The van der Waals surface area contributed by atoms with Crippen LogP contribution in [0.3, 0.4) is 0 Å². The van der Waals surface area contributed by atoms with E-state index in [1.807, 2.05) is 26.8 Å². The van der Waals surface area contributed by atoms with Gasteiger partial charge in [-0.05, 0) is 68.7 Å². The highest BCUT2D eigenvalue weighted by atomic mass is 19.1. The van der Waals surface area contributed by atoms with Crippen molar-refractivity contribution in [2.24, 2.45) is 23.7 Å². The first kappa shape index (κ1) is 30.0. The number of anilines is 1. The highest BCUT2D eigenvalue weighted by molar-refractivity contribution is 6.03. The zero-order valence-electron chi connectivity index (χ0n) is 22.0. The Kier molecular flexibility index (Phi) is 11.6. The number of hydrogen-bond acceptors (Lipinski definition) is 6. The average Bonchev–Trinajstić information content (AvgIpc) is 2.83. The van der Waals surface area contributed by atoms with E-state index in [-0.39, 0.29) is 42.8 Å². The van der Waals surface area contributed by atoms with Crippen LogP contribution in [0, 0.1) is 29.5 Å². The van der Waals surface area contributed by atoms with E-state index >= 15 is 0 Å². The third-order valence-electron chi connectivity index (χ3n) is 7.14. The standard InChI is InChI=1S/C28H42FNO6/c1-16-9-20-12-23(25(29)24(33)13-20)30-28(35)17(2)7-6-8-21(14-31)27(36-5)19(4)11-18(3)26(34)22(10-16)15-32/h7,11-13,16,18,21-22,26-27,31-34H,6,8-10,14-15H2,1-5H3,(H,30,35)/b17-7+,19-11+/t16-,18+,21+,22+,26-,27-/m0/s1. The van der Waals surface area contributed by atoms with E-state index in [0.717, 1.165) is 5.57 Å². The summed E-state index contributed by atoms with van der Waals surface area (Å²) in [6.07, 6.45) is 4.49. The molecule has 0 unspecified atom stereocenters. The fraction of sp³-hybridized carbons (Fsp3) is 0.607. The zero-order chi connectivity index (χ0) is 27.0. The molecule has 5 N–H and O–H groups in total. The average molecular weight is 508 g/mol. The molecule has 1 heterocycles. The summed E-state index contributed by atoms with van der Waals surface area (Å²) in [6.45, 7) is 7.07. The number of halogens is 1. The molecular formula is C28H42FNO6. The van der Waals surface area contributed by atoms with Crippen molar-refractivity contribution in [2.45, 2.75) is 65.6 Å². The van der Waals surface area contributed by atoms with Crippen molar-refractivity contribution < 1.29 is 34.3 Å². The van der Waals surface area contributed by atoms with Crippen LogP contribution >= 0.6 is 0 Å². The molecule has 1 aliphatic heterocycles. The van der Waals surface area contributed by atoms with Crippen LogP contribution < -0.4 is 5.32 Å². The lowest BCUT2D eigenvalue weighted by Crippen LogP contribution is -2.32. The van der Waals surface area contributed by atoms with Crippen molar-refractivity contribution in [1.82, 2.24) is 0 Å². The summed E-state index contributed by atoms with van der Waals surface area (Å²) >= 11 is 0. The monoisotopic (exact) mass is 507 g/mol. The number of amides is 1. The Labute approximate surface area is 213 Å². The SMILES string of the molecule is CO[C@H]1/C(C)=C/[C@@H](C)[C@H](O)[C@@H](CO)C[C@@H](C)Cc2cc(O)c(F)c(c2)NC(=O)/C(C)=C/CC[C@@H]1CO. The van der Waals surface area contributed by atoms with Crippen LogP contribution in [0.1, 0.15) is 52.5 Å². The van der Waals surface area contributed by atoms with Crippen molar-refractivity contribution in [3.8, 4) is 5.75 Å². The van der Waals surface area contributed by atoms with Crippen LogP contribution in [-0.2, 0) is 16.0 Å². The van der Waals surface area contributed by atoms with Gasteiger partial charge in [-0.2, -0.15) is 0 Å². The van der Waals surface area contributed by atoms with Gasteiger partial charge in [-0.1, -0.05) is 26.0 Å². The van der Waals surface area contributed by atoms with E-state index in [2.05, 4.69) is 5.32 Å². The van der Waals surface area contributed by atoms with Crippen molar-refractivity contribution >= 4 is 11.6 Å². The number of carbonyl (C=O) groups excluding carboxylic acids is 1. The first-order valence-corrected chi connectivity index (χ1v) is 12.6. The second kappa shape index (κ2) is 13.9. The molecule has 0 saturated carbocycles. The first-order chi connectivity index (χ1) is 17.0. The van der Waals surface area contributed by atoms with E-state index in [1.54, 1.807) is 20.1 Å². The lowest BCUT2D eigenvalue weighted by atomic mass is 9.82. The molecule has 7 nitrogen and oxygen atoms in total. The lowest BCUT2D eigenvalue weighted by molar-refractivity contribution is -0.112. The molecule has 1 amide bonds. The molecule has 202 valence electrons. The molecule has 2 bridgehead atoms. The van der Waals surface area contributed by atoms with Crippen LogP contribution in [0.4, 0.5) is 10.1 Å². The van der Waals surface area contributed by atoms with Gasteiger partial charge in [0.25, 0.3) is 5.91 Å². The number of allylic oxidation sites excluding steroid dienone is 1. The summed E-state index contributed by atoms with van der Waals surface area (Å²) in [7, 11) is 1.58. The molecule has 0 fully saturated rings. The first-order valence-electron chi connectivity index (χ1n) is 12.6. The predicted molar refractivity (Wildman–Crippen MR) is 138 cm³/mol. The van der Waals surface area contributed by atoms with E-state index < -0.39 is 29.5 Å². The number of carbonyl (C=O) groups is 1. The molecule has 6 atom stereocenters.